The van der Waals surface area contributed by atoms with Crippen molar-refractivity contribution in [1.29, 1.82) is 0 Å². The molecule has 0 saturated carbocycles. The number of urea groups is 1. The topological polar surface area (TPSA) is 99.6 Å². The summed E-state index contributed by atoms with van der Waals surface area (Å²) in [4.78, 5) is 38.2. The second-order valence-electron chi connectivity index (χ2n) is 3.58. The number of nitrogens with one attached hydrogen (secondary N) is 1. The molecule has 3 amide bonds. The van der Waals surface area contributed by atoms with E-state index in [1.807, 2.05) is 0 Å². The molecule has 0 radical (unpaired) electrons. The van der Waals surface area contributed by atoms with Gasteiger partial charge in [0.1, 0.15) is 5.69 Å². The number of carbonyl (C=O) groups excluding carboxylic acids is 2. The highest BCUT2D eigenvalue weighted by atomic mass is 35.5. The average molecular weight is 270 g/mol. The van der Waals surface area contributed by atoms with Crippen LogP contribution in [0.15, 0.2) is 12.3 Å². The number of carboxylic acid groups (broad SMARTS) is 1. The minimum atomic E-state index is -1.22. The summed E-state index contributed by atoms with van der Waals surface area (Å²) in [6, 6.07) is 0.565. The van der Waals surface area contributed by atoms with E-state index in [1.54, 1.807) is 0 Å². The van der Waals surface area contributed by atoms with Crippen molar-refractivity contribution in [3.63, 3.8) is 0 Å². The van der Waals surface area contributed by atoms with Crippen LogP contribution in [0.4, 0.5) is 10.5 Å². The van der Waals surface area contributed by atoms with Crippen LogP contribution in [0, 0.1) is 0 Å². The van der Waals surface area contributed by atoms with Gasteiger partial charge in [-0.3, -0.25) is 15.0 Å². The predicted molar refractivity (Wildman–Crippen MR) is 61.7 cm³/mol. The van der Waals surface area contributed by atoms with Crippen LogP contribution < -0.4 is 10.2 Å². The lowest BCUT2D eigenvalue weighted by Crippen LogP contribution is -2.49. The van der Waals surface area contributed by atoms with E-state index in [4.69, 9.17) is 16.7 Å². The van der Waals surface area contributed by atoms with Gasteiger partial charge < -0.3 is 5.11 Å². The van der Waals surface area contributed by atoms with E-state index < -0.39 is 12.0 Å². The lowest BCUT2D eigenvalue weighted by atomic mass is 10.2. The Kier molecular flexibility index (Phi) is 3.15. The Labute approximate surface area is 106 Å². The van der Waals surface area contributed by atoms with Crippen LogP contribution in [0.25, 0.3) is 0 Å². The zero-order valence-electron chi connectivity index (χ0n) is 9.01. The molecule has 1 aliphatic rings. The number of pyridine rings is 1. The van der Waals surface area contributed by atoms with Gasteiger partial charge in [-0.05, 0) is 6.07 Å². The molecule has 0 aromatic carbocycles. The fourth-order valence-electron chi connectivity index (χ4n) is 1.55. The minimum absolute atomic E-state index is 0.132. The molecule has 0 unspecified atom stereocenters. The SMILES string of the molecule is O=C1CCN(c2cc(C(=O)O)ncc2Cl)C(=O)N1. The Bertz CT molecular complexity index is 546. The number of imide groups is 1. The molecule has 0 bridgehead atoms. The molecule has 94 valence electrons. The number of halogens is 1. The highest BCUT2D eigenvalue weighted by Crippen LogP contribution is 2.27. The summed E-state index contributed by atoms with van der Waals surface area (Å²) in [6.45, 7) is 0.146. The summed E-state index contributed by atoms with van der Waals surface area (Å²) in [5.41, 5.74) is -0.00633. The predicted octanol–water partition coefficient (Wildman–Crippen LogP) is 0.880. The van der Waals surface area contributed by atoms with E-state index in [0.29, 0.717) is 0 Å². The van der Waals surface area contributed by atoms with Gasteiger partial charge in [0.2, 0.25) is 5.91 Å². The van der Waals surface area contributed by atoms with Crippen LogP contribution in [0.3, 0.4) is 0 Å². The molecule has 0 spiro atoms. The maximum atomic E-state index is 11.6. The summed E-state index contributed by atoms with van der Waals surface area (Å²) >= 11 is 5.87. The largest absolute Gasteiger partial charge is 0.477 e. The molecule has 1 aromatic heterocycles. The summed E-state index contributed by atoms with van der Waals surface area (Å²) in [5.74, 6) is -1.60. The molecule has 1 aromatic rings. The highest BCUT2D eigenvalue weighted by Gasteiger charge is 2.26. The van der Waals surface area contributed by atoms with E-state index in [-0.39, 0.29) is 35.3 Å². The van der Waals surface area contributed by atoms with Gasteiger partial charge in [-0.25, -0.2) is 14.6 Å². The molecular formula is C10H8ClN3O4. The number of aromatic nitrogens is 1. The molecule has 1 fully saturated rings. The molecule has 18 heavy (non-hydrogen) atoms. The lowest BCUT2D eigenvalue weighted by Gasteiger charge is -2.27. The molecule has 2 heterocycles. The highest BCUT2D eigenvalue weighted by molar-refractivity contribution is 6.34. The first-order valence-corrected chi connectivity index (χ1v) is 5.37. The molecule has 0 aliphatic carbocycles. The first kappa shape index (κ1) is 12.3. The van der Waals surface area contributed by atoms with Crippen molar-refractivity contribution in [3.05, 3.63) is 23.0 Å². The average Bonchev–Trinajstić information content (AvgIpc) is 2.30. The van der Waals surface area contributed by atoms with Crippen LogP contribution in [-0.2, 0) is 4.79 Å². The van der Waals surface area contributed by atoms with Gasteiger partial charge in [0.15, 0.2) is 0 Å². The van der Waals surface area contributed by atoms with Gasteiger partial charge in [0, 0.05) is 19.2 Å². The molecule has 1 aliphatic heterocycles. The zero-order chi connectivity index (χ0) is 13.3. The van der Waals surface area contributed by atoms with Crippen molar-refractivity contribution in [1.82, 2.24) is 10.3 Å². The van der Waals surface area contributed by atoms with E-state index in [0.717, 1.165) is 6.20 Å². The van der Waals surface area contributed by atoms with E-state index in [9.17, 15) is 14.4 Å². The number of anilines is 1. The van der Waals surface area contributed by atoms with Crippen molar-refractivity contribution < 1.29 is 19.5 Å². The van der Waals surface area contributed by atoms with Crippen LogP contribution in [0.1, 0.15) is 16.9 Å². The number of carbonyl (C=O) groups is 3. The molecule has 1 saturated heterocycles. The number of rotatable bonds is 2. The molecule has 0 atom stereocenters. The second kappa shape index (κ2) is 4.61. The van der Waals surface area contributed by atoms with Crippen LogP contribution in [-0.4, -0.2) is 34.5 Å². The van der Waals surface area contributed by atoms with Gasteiger partial charge >= 0.3 is 12.0 Å². The van der Waals surface area contributed by atoms with Crippen molar-refractivity contribution >= 4 is 35.2 Å². The van der Waals surface area contributed by atoms with E-state index in [1.165, 1.54) is 11.0 Å². The Morgan fingerprint density at radius 3 is 2.83 bits per heavy atom. The smallest absolute Gasteiger partial charge is 0.354 e. The third kappa shape index (κ3) is 2.25. The standard InChI is InChI=1S/C10H8ClN3O4/c11-5-4-12-6(9(16)17)3-7(5)14-2-1-8(15)13-10(14)18/h3-4H,1-2H2,(H,16,17)(H,13,15,18). The van der Waals surface area contributed by atoms with Gasteiger partial charge in [0.05, 0.1) is 10.7 Å². The first-order chi connectivity index (χ1) is 8.49. The van der Waals surface area contributed by atoms with Gasteiger partial charge in [-0.2, -0.15) is 0 Å². The van der Waals surface area contributed by atoms with Crippen molar-refractivity contribution in [3.8, 4) is 0 Å². The third-order valence-corrected chi connectivity index (χ3v) is 2.69. The number of nitrogens with zero attached hydrogens (tertiary/aromatic N) is 2. The summed E-state index contributed by atoms with van der Waals surface area (Å²) in [6.07, 6.45) is 1.29. The van der Waals surface area contributed by atoms with E-state index in [2.05, 4.69) is 10.3 Å². The summed E-state index contributed by atoms with van der Waals surface area (Å²) in [5, 5.41) is 11.1. The zero-order valence-corrected chi connectivity index (χ0v) is 9.77. The molecule has 8 heteroatoms. The quantitative estimate of drug-likeness (QED) is 0.830. The number of carboxylic acids is 1. The summed E-state index contributed by atoms with van der Waals surface area (Å²) < 4.78 is 0. The van der Waals surface area contributed by atoms with Gasteiger partial charge in [-0.15, -0.1) is 0 Å². The minimum Gasteiger partial charge on any atom is -0.477 e. The first-order valence-electron chi connectivity index (χ1n) is 4.99. The number of hydrogen-bond acceptors (Lipinski definition) is 4. The van der Waals surface area contributed by atoms with Crippen LogP contribution >= 0.6 is 11.6 Å². The summed E-state index contributed by atoms with van der Waals surface area (Å²) in [7, 11) is 0. The number of aromatic carboxylic acids is 1. The van der Waals surface area contributed by atoms with Crippen LogP contribution in [0.2, 0.25) is 5.02 Å². The fraction of sp³-hybridized carbons (Fsp3) is 0.200. The molecule has 7 nitrogen and oxygen atoms in total. The van der Waals surface area contributed by atoms with Crippen molar-refractivity contribution in [2.24, 2.45) is 0 Å². The second-order valence-corrected chi connectivity index (χ2v) is 3.99. The Morgan fingerprint density at radius 1 is 1.50 bits per heavy atom. The Hall–Kier alpha value is -2.15. The Morgan fingerprint density at radius 2 is 2.22 bits per heavy atom. The maximum Gasteiger partial charge on any atom is 0.354 e. The Balaban J connectivity index is 2.38. The van der Waals surface area contributed by atoms with Crippen molar-refractivity contribution in [2.45, 2.75) is 6.42 Å². The monoisotopic (exact) mass is 269 g/mol. The van der Waals surface area contributed by atoms with Crippen molar-refractivity contribution in [2.75, 3.05) is 11.4 Å². The number of hydrogen-bond donors (Lipinski definition) is 2. The molecule has 2 rings (SSSR count). The fourth-order valence-corrected chi connectivity index (χ4v) is 1.75. The number of amides is 3. The molecular weight excluding hydrogens is 262 g/mol. The lowest BCUT2D eigenvalue weighted by molar-refractivity contribution is -0.120. The maximum absolute atomic E-state index is 11.6. The van der Waals surface area contributed by atoms with Gasteiger partial charge in [0.25, 0.3) is 0 Å². The van der Waals surface area contributed by atoms with Crippen LogP contribution in [0.5, 0.6) is 0 Å². The molecule has 2 N–H and O–H groups in total. The normalized spacial score (nSPS) is 15.5. The third-order valence-electron chi connectivity index (χ3n) is 2.40. The van der Waals surface area contributed by atoms with Gasteiger partial charge in [-0.1, -0.05) is 11.6 Å². The van der Waals surface area contributed by atoms with E-state index >= 15 is 0 Å².